The lowest BCUT2D eigenvalue weighted by Crippen LogP contribution is -2.41. The monoisotopic (exact) mass is 509 g/mol. The van der Waals surface area contributed by atoms with Crippen LogP contribution in [0.5, 0.6) is 11.5 Å². The minimum atomic E-state index is -4.06. The summed E-state index contributed by atoms with van der Waals surface area (Å²) in [5.74, 6) is 0.506. The van der Waals surface area contributed by atoms with Gasteiger partial charge in [0.2, 0.25) is 5.91 Å². The van der Waals surface area contributed by atoms with Gasteiger partial charge in [-0.25, -0.2) is 8.42 Å². The average molecular weight is 510 g/mol. The highest BCUT2D eigenvalue weighted by Crippen LogP contribution is 2.32. The number of anilines is 2. The number of rotatable bonds is 11. The third-order valence-electron chi connectivity index (χ3n) is 6.20. The van der Waals surface area contributed by atoms with E-state index in [-0.39, 0.29) is 17.3 Å². The molecule has 0 unspecified atom stereocenters. The van der Waals surface area contributed by atoms with Crippen molar-refractivity contribution in [3.05, 3.63) is 78.4 Å². The lowest BCUT2D eigenvalue weighted by atomic mass is 10.2. The van der Waals surface area contributed by atoms with E-state index >= 15 is 0 Å². The van der Waals surface area contributed by atoms with E-state index in [1.165, 1.54) is 37.6 Å². The van der Waals surface area contributed by atoms with Gasteiger partial charge < -0.3 is 19.7 Å². The fourth-order valence-corrected chi connectivity index (χ4v) is 5.76. The maximum absolute atomic E-state index is 13.6. The second kappa shape index (κ2) is 11.3. The van der Waals surface area contributed by atoms with Gasteiger partial charge in [-0.3, -0.25) is 9.10 Å². The van der Waals surface area contributed by atoms with Crippen LogP contribution in [0.25, 0.3) is 0 Å². The van der Waals surface area contributed by atoms with Gasteiger partial charge in [0.1, 0.15) is 18.0 Å². The Balaban J connectivity index is 1.45. The number of nitrogens with one attached hydrogen (secondary N) is 1. The molecule has 4 rings (SSSR count). The van der Waals surface area contributed by atoms with Crippen LogP contribution < -0.4 is 24.0 Å². The molecular formula is C27H31N3O5S. The first-order chi connectivity index (χ1) is 17.4. The van der Waals surface area contributed by atoms with E-state index in [9.17, 15) is 13.2 Å². The first-order valence-electron chi connectivity index (χ1n) is 11.8. The Hall–Kier alpha value is -3.72. The molecule has 1 N–H and O–H groups in total. The second-order valence-corrected chi connectivity index (χ2v) is 10.3. The SMILES string of the molecule is COc1ccc(S(=O)(=O)N(CC(=O)NCCCN2CCc3ccccc32)c2ccccc2OC)cc1. The topological polar surface area (TPSA) is 88.2 Å². The molecule has 0 bridgehead atoms. The van der Waals surface area contributed by atoms with Crippen molar-refractivity contribution in [2.24, 2.45) is 0 Å². The number of methoxy groups -OCH3 is 2. The van der Waals surface area contributed by atoms with Gasteiger partial charge in [0.25, 0.3) is 10.0 Å². The van der Waals surface area contributed by atoms with Gasteiger partial charge >= 0.3 is 0 Å². The normalized spacial score (nSPS) is 12.7. The summed E-state index contributed by atoms with van der Waals surface area (Å²) in [6.07, 6.45) is 1.78. The third-order valence-corrected chi connectivity index (χ3v) is 7.97. The molecule has 0 radical (unpaired) electrons. The van der Waals surface area contributed by atoms with Crippen LogP contribution in [0.15, 0.2) is 77.7 Å². The van der Waals surface area contributed by atoms with Crippen molar-refractivity contribution in [2.75, 3.05) is 49.6 Å². The maximum Gasteiger partial charge on any atom is 0.264 e. The predicted molar refractivity (Wildman–Crippen MR) is 141 cm³/mol. The lowest BCUT2D eigenvalue weighted by molar-refractivity contribution is -0.119. The molecule has 9 heteroatoms. The Morgan fingerprint density at radius 1 is 0.972 bits per heavy atom. The number of amides is 1. The molecule has 36 heavy (non-hydrogen) atoms. The standard InChI is InChI=1S/C27H31N3O5S/c1-34-22-12-14-23(15-13-22)36(32,33)30(25-10-5-6-11-26(25)35-2)20-27(31)28-17-7-18-29-19-16-21-8-3-4-9-24(21)29/h3-6,8-15H,7,16-20H2,1-2H3,(H,28,31). The van der Waals surface area contributed by atoms with Crippen molar-refractivity contribution in [3.63, 3.8) is 0 Å². The molecule has 8 nitrogen and oxygen atoms in total. The summed E-state index contributed by atoms with van der Waals surface area (Å²) in [5.41, 5.74) is 2.88. The number of para-hydroxylation sites is 3. The summed E-state index contributed by atoms with van der Waals surface area (Å²) in [6.45, 7) is 1.85. The van der Waals surface area contributed by atoms with E-state index in [1.54, 1.807) is 36.4 Å². The molecule has 0 spiro atoms. The number of benzene rings is 3. The molecule has 0 fully saturated rings. The smallest absolute Gasteiger partial charge is 0.264 e. The first-order valence-corrected chi connectivity index (χ1v) is 13.3. The van der Waals surface area contributed by atoms with Gasteiger partial charge in [-0.1, -0.05) is 30.3 Å². The van der Waals surface area contributed by atoms with Crippen molar-refractivity contribution in [1.29, 1.82) is 0 Å². The quantitative estimate of drug-likeness (QED) is 0.398. The van der Waals surface area contributed by atoms with E-state index in [0.29, 0.717) is 23.7 Å². The summed E-state index contributed by atoms with van der Waals surface area (Å²) < 4.78 is 38.8. The Labute approximate surface area is 212 Å². The molecular weight excluding hydrogens is 478 g/mol. The van der Waals surface area contributed by atoms with Crippen molar-refractivity contribution < 1.29 is 22.7 Å². The zero-order chi connectivity index (χ0) is 25.5. The minimum absolute atomic E-state index is 0.0507. The van der Waals surface area contributed by atoms with Crippen molar-refractivity contribution in [1.82, 2.24) is 5.32 Å². The highest BCUT2D eigenvalue weighted by atomic mass is 32.2. The Morgan fingerprint density at radius 3 is 2.44 bits per heavy atom. The highest BCUT2D eigenvalue weighted by Gasteiger charge is 2.29. The molecule has 1 amide bonds. The third kappa shape index (κ3) is 5.57. The van der Waals surface area contributed by atoms with Gasteiger partial charge in [-0.15, -0.1) is 0 Å². The van der Waals surface area contributed by atoms with Gasteiger partial charge in [-0.05, 0) is 60.9 Å². The summed E-state index contributed by atoms with van der Waals surface area (Å²) >= 11 is 0. The Morgan fingerprint density at radius 2 is 1.69 bits per heavy atom. The number of fused-ring (bicyclic) bond motifs is 1. The van der Waals surface area contributed by atoms with Crippen LogP contribution in [-0.4, -0.2) is 54.7 Å². The van der Waals surface area contributed by atoms with Crippen LogP contribution in [0.1, 0.15) is 12.0 Å². The number of ether oxygens (including phenoxy) is 2. The molecule has 0 saturated carbocycles. The molecule has 1 heterocycles. The Kier molecular flexibility index (Phi) is 8.00. The fraction of sp³-hybridized carbons (Fsp3) is 0.296. The van der Waals surface area contributed by atoms with E-state index in [2.05, 4.69) is 28.4 Å². The van der Waals surface area contributed by atoms with Gasteiger partial charge in [0.15, 0.2) is 0 Å². The van der Waals surface area contributed by atoms with Crippen LogP contribution >= 0.6 is 0 Å². The van der Waals surface area contributed by atoms with Gasteiger partial charge in [-0.2, -0.15) is 0 Å². The van der Waals surface area contributed by atoms with E-state index < -0.39 is 10.0 Å². The molecule has 1 aliphatic rings. The minimum Gasteiger partial charge on any atom is -0.497 e. The maximum atomic E-state index is 13.6. The summed E-state index contributed by atoms with van der Waals surface area (Å²) in [4.78, 5) is 15.3. The summed E-state index contributed by atoms with van der Waals surface area (Å²) in [6, 6.07) is 21.2. The van der Waals surface area contributed by atoms with Crippen molar-refractivity contribution >= 4 is 27.3 Å². The number of carbonyl (C=O) groups excluding carboxylic acids is 1. The molecule has 3 aromatic rings. The molecule has 0 atom stereocenters. The molecule has 0 saturated heterocycles. The first kappa shape index (κ1) is 25.4. The van der Waals surface area contributed by atoms with E-state index in [4.69, 9.17) is 9.47 Å². The number of hydrogen-bond donors (Lipinski definition) is 1. The number of sulfonamides is 1. The molecule has 3 aromatic carbocycles. The molecule has 190 valence electrons. The Bertz CT molecular complexity index is 1290. The molecule has 0 aliphatic carbocycles. The number of carbonyl (C=O) groups is 1. The van der Waals surface area contributed by atoms with Crippen LogP contribution in [0.2, 0.25) is 0 Å². The molecule has 1 aliphatic heterocycles. The predicted octanol–water partition coefficient (Wildman–Crippen LogP) is 3.47. The van der Waals surface area contributed by atoms with Crippen LogP contribution in [0.3, 0.4) is 0 Å². The number of hydrogen-bond acceptors (Lipinski definition) is 6. The van der Waals surface area contributed by atoms with Crippen molar-refractivity contribution in [3.8, 4) is 11.5 Å². The second-order valence-electron chi connectivity index (χ2n) is 8.43. The van der Waals surface area contributed by atoms with Crippen LogP contribution in [0.4, 0.5) is 11.4 Å². The number of nitrogens with zero attached hydrogens (tertiary/aromatic N) is 2. The van der Waals surface area contributed by atoms with Crippen LogP contribution in [0, 0.1) is 0 Å². The molecule has 0 aromatic heterocycles. The highest BCUT2D eigenvalue weighted by molar-refractivity contribution is 7.92. The summed E-state index contributed by atoms with van der Waals surface area (Å²) in [7, 11) is -1.08. The average Bonchev–Trinajstić information content (AvgIpc) is 3.32. The van der Waals surface area contributed by atoms with Crippen molar-refractivity contribution in [2.45, 2.75) is 17.7 Å². The fourth-order valence-electron chi connectivity index (χ4n) is 4.33. The van der Waals surface area contributed by atoms with Gasteiger partial charge in [0.05, 0.1) is 24.8 Å². The van der Waals surface area contributed by atoms with Crippen LogP contribution in [-0.2, 0) is 21.2 Å². The van der Waals surface area contributed by atoms with E-state index in [0.717, 1.165) is 30.2 Å². The lowest BCUT2D eigenvalue weighted by Gasteiger charge is -2.26. The van der Waals surface area contributed by atoms with E-state index in [1.807, 2.05) is 6.07 Å². The zero-order valence-electron chi connectivity index (χ0n) is 20.5. The van der Waals surface area contributed by atoms with Gasteiger partial charge in [0, 0.05) is 25.3 Å². The zero-order valence-corrected chi connectivity index (χ0v) is 21.3. The largest absolute Gasteiger partial charge is 0.497 e. The summed E-state index contributed by atoms with van der Waals surface area (Å²) in [5, 5.41) is 2.88.